The first kappa shape index (κ1) is 23.6. The number of amides is 1. The molecule has 0 aromatic carbocycles. The van der Waals surface area contributed by atoms with E-state index >= 15 is 0 Å². The van der Waals surface area contributed by atoms with Crippen LogP contribution in [0.15, 0.2) is 0 Å². The second kappa shape index (κ2) is 10.4. The lowest BCUT2D eigenvalue weighted by Crippen LogP contribution is -2.60. The van der Waals surface area contributed by atoms with Gasteiger partial charge in [-0.2, -0.15) is 0 Å². The van der Waals surface area contributed by atoms with Gasteiger partial charge in [0.25, 0.3) is 0 Å². The monoisotopic (exact) mass is 429 g/mol. The minimum absolute atomic E-state index is 0.233. The maximum absolute atomic E-state index is 12.4. The van der Waals surface area contributed by atoms with E-state index in [-0.39, 0.29) is 24.9 Å². The van der Waals surface area contributed by atoms with Crippen molar-refractivity contribution in [1.29, 1.82) is 0 Å². The molecule has 5 atom stereocenters. The first-order valence-electron chi connectivity index (χ1n) is 9.80. The zero-order chi connectivity index (χ0) is 22.4. The number of aliphatic carboxylic acids is 3. The lowest BCUT2D eigenvalue weighted by Gasteiger charge is -2.46. The van der Waals surface area contributed by atoms with Crippen molar-refractivity contribution in [2.24, 2.45) is 17.8 Å². The molecule has 0 aromatic rings. The number of esters is 1. The summed E-state index contributed by atoms with van der Waals surface area (Å²) in [4.78, 5) is 57.9. The van der Waals surface area contributed by atoms with Crippen molar-refractivity contribution in [2.75, 3.05) is 6.61 Å². The Morgan fingerprint density at radius 3 is 1.93 bits per heavy atom. The van der Waals surface area contributed by atoms with Crippen molar-refractivity contribution < 1.29 is 48.8 Å². The molecule has 11 heteroatoms. The lowest BCUT2D eigenvalue weighted by molar-refractivity contribution is -0.181. The van der Waals surface area contributed by atoms with E-state index in [2.05, 4.69) is 5.32 Å². The molecule has 0 bridgehead atoms. The highest BCUT2D eigenvalue weighted by Gasteiger charge is 2.48. The summed E-state index contributed by atoms with van der Waals surface area (Å²) in [6.45, 7) is 0.807. The Labute approximate surface area is 172 Å². The van der Waals surface area contributed by atoms with Crippen LogP contribution in [-0.2, 0) is 33.4 Å². The molecule has 1 aliphatic heterocycles. The average Bonchev–Trinajstić information content (AvgIpc) is 3.41. The molecule has 1 amide bonds. The third-order valence-corrected chi connectivity index (χ3v) is 5.38. The third kappa shape index (κ3) is 7.29. The minimum Gasteiger partial charge on any atom is -0.481 e. The van der Waals surface area contributed by atoms with Crippen LogP contribution >= 0.6 is 0 Å². The highest BCUT2D eigenvalue weighted by atomic mass is 16.6. The Bertz CT molecular complexity index is 689. The Morgan fingerprint density at radius 2 is 1.43 bits per heavy atom. The molecule has 1 saturated heterocycles. The number of carbonyl (C=O) groups is 5. The highest BCUT2D eigenvalue weighted by molar-refractivity contribution is 5.77. The molecule has 1 heterocycles. The van der Waals surface area contributed by atoms with Crippen molar-refractivity contribution in [3.63, 3.8) is 0 Å². The summed E-state index contributed by atoms with van der Waals surface area (Å²) in [5.74, 6) is -6.24. The van der Waals surface area contributed by atoms with Gasteiger partial charge in [0.15, 0.2) is 0 Å². The number of carbonyl (C=O) groups excluding carboxylic acids is 2. The van der Waals surface area contributed by atoms with E-state index < -0.39 is 73.2 Å². The topological polar surface area (TPSA) is 177 Å². The molecule has 2 aliphatic rings. The van der Waals surface area contributed by atoms with Crippen LogP contribution in [0.3, 0.4) is 0 Å². The molecule has 2 fully saturated rings. The highest BCUT2D eigenvalue weighted by Crippen LogP contribution is 2.38. The van der Waals surface area contributed by atoms with Gasteiger partial charge in [-0.15, -0.1) is 0 Å². The van der Waals surface area contributed by atoms with E-state index in [0.717, 1.165) is 19.8 Å². The number of carboxylic acids is 3. The van der Waals surface area contributed by atoms with Crippen LogP contribution < -0.4 is 5.32 Å². The van der Waals surface area contributed by atoms with Crippen LogP contribution in [0.25, 0.3) is 0 Å². The van der Waals surface area contributed by atoms with Crippen LogP contribution in [0.4, 0.5) is 0 Å². The fourth-order valence-corrected chi connectivity index (χ4v) is 3.93. The zero-order valence-corrected chi connectivity index (χ0v) is 16.6. The van der Waals surface area contributed by atoms with Gasteiger partial charge in [0.1, 0.15) is 6.61 Å². The maximum Gasteiger partial charge on any atom is 0.306 e. The minimum atomic E-state index is -1.22. The molecule has 2 rings (SSSR count). The predicted molar refractivity (Wildman–Crippen MR) is 98.3 cm³/mol. The molecule has 0 radical (unpaired) electrons. The molecule has 1 aliphatic carbocycles. The molecule has 4 N–H and O–H groups in total. The summed E-state index contributed by atoms with van der Waals surface area (Å²) < 4.78 is 10.7. The summed E-state index contributed by atoms with van der Waals surface area (Å²) >= 11 is 0. The number of ether oxygens (including phenoxy) is 2. The van der Waals surface area contributed by atoms with E-state index in [9.17, 15) is 39.3 Å². The summed E-state index contributed by atoms with van der Waals surface area (Å²) in [6.07, 6.45) is -1.57. The number of nitrogens with one attached hydrogen (secondary N) is 1. The first-order valence-corrected chi connectivity index (χ1v) is 9.80. The molecule has 168 valence electrons. The SMILES string of the molecule is CC(=O)OC[C@@H]1O[C@@H](CC(=O)O)[C@H](NC(=O)CC2CC2)[C@H](CC(=O)O)[C@@H]1CC(=O)O. The van der Waals surface area contributed by atoms with Gasteiger partial charge in [0.2, 0.25) is 5.91 Å². The summed E-state index contributed by atoms with van der Waals surface area (Å²) in [7, 11) is 0. The van der Waals surface area contributed by atoms with Crippen LogP contribution in [0.2, 0.25) is 0 Å². The van der Waals surface area contributed by atoms with E-state index in [1.165, 1.54) is 0 Å². The molecule has 0 unspecified atom stereocenters. The molecular weight excluding hydrogens is 402 g/mol. The fraction of sp³-hybridized carbons (Fsp3) is 0.737. The molecule has 1 saturated carbocycles. The second-order valence-corrected chi connectivity index (χ2v) is 7.88. The first-order chi connectivity index (χ1) is 14.1. The Balaban J connectivity index is 2.33. The van der Waals surface area contributed by atoms with Gasteiger partial charge in [0.05, 0.1) is 37.5 Å². The van der Waals surface area contributed by atoms with E-state index in [1.807, 2.05) is 0 Å². The Hall–Kier alpha value is -2.69. The number of hydrogen-bond acceptors (Lipinski definition) is 7. The normalized spacial score (nSPS) is 28.4. The quantitative estimate of drug-likeness (QED) is 0.333. The van der Waals surface area contributed by atoms with Crippen molar-refractivity contribution in [2.45, 2.75) is 63.7 Å². The lowest BCUT2D eigenvalue weighted by atomic mass is 9.73. The van der Waals surface area contributed by atoms with Crippen LogP contribution in [0.5, 0.6) is 0 Å². The maximum atomic E-state index is 12.4. The molecule has 0 spiro atoms. The number of hydrogen-bond donors (Lipinski definition) is 4. The second-order valence-electron chi connectivity index (χ2n) is 7.88. The van der Waals surface area contributed by atoms with Gasteiger partial charge in [-0.25, -0.2) is 0 Å². The van der Waals surface area contributed by atoms with Crippen LogP contribution in [-0.4, -0.2) is 70.0 Å². The van der Waals surface area contributed by atoms with Crippen LogP contribution in [0.1, 0.15) is 45.4 Å². The van der Waals surface area contributed by atoms with Crippen molar-refractivity contribution in [1.82, 2.24) is 5.32 Å². The van der Waals surface area contributed by atoms with E-state index in [1.54, 1.807) is 0 Å². The van der Waals surface area contributed by atoms with Crippen molar-refractivity contribution in [3.8, 4) is 0 Å². The summed E-state index contributed by atoms with van der Waals surface area (Å²) in [5.41, 5.74) is 0. The van der Waals surface area contributed by atoms with E-state index in [0.29, 0.717) is 0 Å². The van der Waals surface area contributed by atoms with Gasteiger partial charge >= 0.3 is 23.9 Å². The predicted octanol–water partition coefficient (Wildman–Crippen LogP) is 0.258. The van der Waals surface area contributed by atoms with Crippen molar-refractivity contribution >= 4 is 29.8 Å². The van der Waals surface area contributed by atoms with Gasteiger partial charge in [-0.3, -0.25) is 24.0 Å². The molecule has 30 heavy (non-hydrogen) atoms. The summed E-state index contributed by atoms with van der Waals surface area (Å²) in [6, 6.07) is -0.999. The van der Waals surface area contributed by atoms with Gasteiger partial charge < -0.3 is 30.1 Å². The van der Waals surface area contributed by atoms with Crippen LogP contribution in [0, 0.1) is 17.8 Å². The van der Waals surface area contributed by atoms with Gasteiger partial charge in [0, 0.05) is 19.3 Å². The summed E-state index contributed by atoms with van der Waals surface area (Å²) in [5, 5.41) is 30.7. The van der Waals surface area contributed by atoms with E-state index in [4.69, 9.17) is 9.47 Å². The average molecular weight is 429 g/mol. The zero-order valence-electron chi connectivity index (χ0n) is 16.6. The Kier molecular flexibility index (Phi) is 8.16. The van der Waals surface area contributed by atoms with Gasteiger partial charge in [-0.1, -0.05) is 0 Å². The third-order valence-electron chi connectivity index (χ3n) is 5.38. The number of carboxylic acid groups (broad SMARTS) is 3. The Morgan fingerprint density at radius 1 is 0.867 bits per heavy atom. The van der Waals surface area contributed by atoms with Gasteiger partial charge in [-0.05, 0) is 24.7 Å². The van der Waals surface area contributed by atoms with Crippen molar-refractivity contribution in [3.05, 3.63) is 0 Å². The largest absolute Gasteiger partial charge is 0.481 e. The smallest absolute Gasteiger partial charge is 0.306 e. The molecule has 11 nitrogen and oxygen atoms in total. The molecule has 0 aromatic heterocycles. The number of rotatable bonds is 11. The standard InChI is InChI=1S/C19H27NO10/c1-9(21)29-8-14-11(5-16(23)24)12(6-17(25)26)19(13(30-14)7-18(27)28)20-15(22)4-10-2-3-10/h10-14,19H,2-8H2,1H3,(H,20,22)(H,23,24)(H,25,26)(H,27,28)/t11-,12+,13-,14-,19+/m0/s1. The fourth-order valence-electron chi connectivity index (χ4n) is 3.93. The molecular formula is C19H27NO10.